The maximum atomic E-state index is 11.1. The Morgan fingerprint density at radius 2 is 2.31 bits per heavy atom. The summed E-state index contributed by atoms with van der Waals surface area (Å²) < 4.78 is 0. The van der Waals surface area contributed by atoms with Gasteiger partial charge in [-0.2, -0.15) is 5.26 Å². The first-order valence-electron chi connectivity index (χ1n) is 5.06. The summed E-state index contributed by atoms with van der Waals surface area (Å²) in [6.45, 7) is 1.91. The Labute approximate surface area is 99.8 Å². The van der Waals surface area contributed by atoms with Crippen molar-refractivity contribution in [2.75, 3.05) is 0 Å². The van der Waals surface area contributed by atoms with Crippen molar-refractivity contribution in [1.29, 1.82) is 5.26 Å². The summed E-state index contributed by atoms with van der Waals surface area (Å²) in [6.07, 6.45) is 1.25. The summed E-state index contributed by atoms with van der Waals surface area (Å²) in [6, 6.07) is 7.19. The third-order valence-corrected chi connectivity index (χ3v) is 2.86. The summed E-state index contributed by atoms with van der Waals surface area (Å²) in [7, 11) is 0. The quantitative estimate of drug-likeness (QED) is 0.872. The van der Waals surface area contributed by atoms with Crippen molar-refractivity contribution in [3.63, 3.8) is 0 Å². The fourth-order valence-corrected chi connectivity index (χ4v) is 1.68. The van der Waals surface area contributed by atoms with Crippen LogP contribution in [0.15, 0.2) is 18.2 Å². The molecule has 0 fully saturated rings. The summed E-state index contributed by atoms with van der Waals surface area (Å²) in [5.74, 6) is -0.497. The molecule has 0 aliphatic heterocycles. The van der Waals surface area contributed by atoms with E-state index in [1.165, 1.54) is 0 Å². The summed E-state index contributed by atoms with van der Waals surface area (Å²) in [5.41, 5.74) is 6.60. The first-order valence-corrected chi connectivity index (χ1v) is 5.44. The topological polar surface area (TPSA) is 66.9 Å². The fraction of sp³-hybridized carbons (Fsp3) is 0.333. The second kappa shape index (κ2) is 5.53. The predicted molar refractivity (Wildman–Crippen MR) is 62.8 cm³/mol. The van der Waals surface area contributed by atoms with Crippen LogP contribution in [0.25, 0.3) is 0 Å². The number of benzene rings is 1. The van der Waals surface area contributed by atoms with Gasteiger partial charge in [-0.1, -0.05) is 24.6 Å². The molecule has 1 amide bonds. The zero-order valence-electron chi connectivity index (χ0n) is 9.03. The Hall–Kier alpha value is -1.53. The van der Waals surface area contributed by atoms with E-state index in [2.05, 4.69) is 0 Å². The number of halogens is 1. The molecule has 0 radical (unpaired) electrons. The fourth-order valence-electron chi connectivity index (χ4n) is 1.52. The van der Waals surface area contributed by atoms with E-state index >= 15 is 0 Å². The van der Waals surface area contributed by atoms with Crippen LogP contribution in [-0.4, -0.2) is 5.91 Å². The third-order valence-electron chi connectivity index (χ3n) is 2.53. The standard InChI is InChI=1S/C12H13ClN2O/c1-2-9(12(15)16)5-8-3-4-11(13)10(6-8)7-14/h3-4,6,9H,2,5H2,1H3,(H2,15,16). The molecule has 4 heteroatoms. The average molecular weight is 237 g/mol. The molecule has 2 N–H and O–H groups in total. The molecule has 1 rings (SSSR count). The molecule has 0 aliphatic carbocycles. The van der Waals surface area contributed by atoms with E-state index < -0.39 is 0 Å². The smallest absolute Gasteiger partial charge is 0.220 e. The second-order valence-corrected chi connectivity index (χ2v) is 4.04. The van der Waals surface area contributed by atoms with Crippen molar-refractivity contribution >= 4 is 17.5 Å². The highest BCUT2D eigenvalue weighted by Gasteiger charge is 2.14. The molecular weight excluding hydrogens is 224 g/mol. The van der Waals surface area contributed by atoms with E-state index in [-0.39, 0.29) is 11.8 Å². The van der Waals surface area contributed by atoms with Crippen LogP contribution in [0.1, 0.15) is 24.5 Å². The summed E-state index contributed by atoms with van der Waals surface area (Å²) in [4.78, 5) is 11.1. The zero-order chi connectivity index (χ0) is 12.1. The molecule has 0 saturated heterocycles. The third kappa shape index (κ3) is 2.98. The van der Waals surface area contributed by atoms with Crippen molar-refractivity contribution in [3.8, 4) is 6.07 Å². The number of amides is 1. The lowest BCUT2D eigenvalue weighted by atomic mass is 9.95. The van der Waals surface area contributed by atoms with Gasteiger partial charge in [0.25, 0.3) is 0 Å². The predicted octanol–water partition coefficient (Wildman–Crippen LogP) is 2.27. The van der Waals surface area contributed by atoms with Gasteiger partial charge in [-0.15, -0.1) is 0 Å². The molecule has 1 aromatic rings. The van der Waals surface area contributed by atoms with Crippen LogP contribution in [-0.2, 0) is 11.2 Å². The van der Waals surface area contributed by atoms with E-state index in [1.54, 1.807) is 12.1 Å². The summed E-state index contributed by atoms with van der Waals surface area (Å²) in [5, 5.41) is 9.25. The molecule has 0 saturated carbocycles. The van der Waals surface area contributed by atoms with Gasteiger partial charge < -0.3 is 5.73 Å². The largest absolute Gasteiger partial charge is 0.369 e. The lowest BCUT2D eigenvalue weighted by Gasteiger charge is -2.10. The highest BCUT2D eigenvalue weighted by molar-refractivity contribution is 6.31. The Morgan fingerprint density at radius 1 is 1.62 bits per heavy atom. The van der Waals surface area contributed by atoms with Gasteiger partial charge in [0.05, 0.1) is 10.6 Å². The molecule has 84 valence electrons. The van der Waals surface area contributed by atoms with Crippen molar-refractivity contribution in [1.82, 2.24) is 0 Å². The Bertz CT molecular complexity index is 437. The number of rotatable bonds is 4. The Balaban J connectivity index is 2.90. The first-order chi connectivity index (χ1) is 7.58. The molecule has 0 bridgehead atoms. The SMILES string of the molecule is CCC(Cc1ccc(Cl)c(C#N)c1)C(N)=O. The van der Waals surface area contributed by atoms with E-state index in [0.717, 1.165) is 5.56 Å². The maximum absolute atomic E-state index is 11.1. The van der Waals surface area contributed by atoms with Gasteiger partial charge in [-0.05, 0) is 30.5 Å². The normalized spacial score (nSPS) is 11.8. The number of carbonyl (C=O) groups excluding carboxylic acids is 1. The van der Waals surface area contributed by atoms with Crippen LogP contribution in [0.2, 0.25) is 5.02 Å². The number of hydrogen-bond acceptors (Lipinski definition) is 2. The highest BCUT2D eigenvalue weighted by Crippen LogP contribution is 2.19. The number of hydrogen-bond donors (Lipinski definition) is 1. The molecule has 0 heterocycles. The Kier molecular flexibility index (Phi) is 4.33. The molecule has 0 aliphatic rings. The number of nitriles is 1. The molecule has 3 nitrogen and oxygen atoms in total. The Morgan fingerprint density at radius 3 is 2.81 bits per heavy atom. The molecule has 0 aromatic heterocycles. The first kappa shape index (κ1) is 12.5. The van der Waals surface area contributed by atoms with E-state index in [9.17, 15) is 4.79 Å². The minimum absolute atomic E-state index is 0.187. The lowest BCUT2D eigenvalue weighted by Crippen LogP contribution is -2.24. The van der Waals surface area contributed by atoms with Gasteiger partial charge in [-0.25, -0.2) is 0 Å². The van der Waals surface area contributed by atoms with Crippen LogP contribution in [0.4, 0.5) is 0 Å². The van der Waals surface area contributed by atoms with Gasteiger partial charge in [0.2, 0.25) is 5.91 Å². The van der Waals surface area contributed by atoms with Gasteiger partial charge in [0.1, 0.15) is 6.07 Å². The summed E-state index contributed by atoms with van der Waals surface area (Å²) >= 11 is 5.82. The molecule has 0 spiro atoms. The minimum atomic E-state index is -0.309. The average Bonchev–Trinajstić information content (AvgIpc) is 2.27. The maximum Gasteiger partial charge on any atom is 0.220 e. The van der Waals surface area contributed by atoms with Crippen LogP contribution in [0.5, 0.6) is 0 Å². The van der Waals surface area contributed by atoms with Crippen molar-refractivity contribution in [3.05, 3.63) is 34.3 Å². The molecular formula is C12H13ClN2O. The second-order valence-electron chi connectivity index (χ2n) is 3.64. The van der Waals surface area contributed by atoms with Gasteiger partial charge in [-0.3, -0.25) is 4.79 Å². The van der Waals surface area contributed by atoms with Crippen LogP contribution in [0, 0.1) is 17.2 Å². The van der Waals surface area contributed by atoms with Gasteiger partial charge in [0.15, 0.2) is 0 Å². The monoisotopic (exact) mass is 236 g/mol. The number of primary amides is 1. The van der Waals surface area contributed by atoms with Crippen molar-refractivity contribution < 1.29 is 4.79 Å². The zero-order valence-corrected chi connectivity index (χ0v) is 9.79. The van der Waals surface area contributed by atoms with Crippen molar-refractivity contribution in [2.45, 2.75) is 19.8 Å². The number of nitrogens with zero attached hydrogens (tertiary/aromatic N) is 1. The molecule has 1 aromatic carbocycles. The van der Waals surface area contributed by atoms with Crippen LogP contribution in [0.3, 0.4) is 0 Å². The van der Waals surface area contributed by atoms with Crippen LogP contribution >= 0.6 is 11.6 Å². The van der Waals surface area contributed by atoms with Gasteiger partial charge in [0, 0.05) is 5.92 Å². The van der Waals surface area contributed by atoms with E-state index in [1.807, 2.05) is 19.1 Å². The number of carbonyl (C=O) groups is 1. The molecule has 1 atom stereocenters. The van der Waals surface area contributed by atoms with Gasteiger partial charge >= 0.3 is 0 Å². The molecule has 1 unspecified atom stereocenters. The van der Waals surface area contributed by atoms with E-state index in [4.69, 9.17) is 22.6 Å². The van der Waals surface area contributed by atoms with Crippen LogP contribution < -0.4 is 5.73 Å². The number of nitrogens with two attached hydrogens (primary N) is 1. The van der Waals surface area contributed by atoms with Crippen molar-refractivity contribution in [2.24, 2.45) is 11.7 Å². The highest BCUT2D eigenvalue weighted by atomic mass is 35.5. The lowest BCUT2D eigenvalue weighted by molar-refractivity contribution is -0.121. The molecule has 16 heavy (non-hydrogen) atoms. The minimum Gasteiger partial charge on any atom is -0.369 e. The van der Waals surface area contributed by atoms with E-state index in [0.29, 0.717) is 23.4 Å².